The first-order valence-electron chi connectivity index (χ1n) is 17.4. The number of benzene rings is 7. The minimum absolute atomic E-state index is 0.598. The van der Waals surface area contributed by atoms with E-state index in [9.17, 15) is 5.26 Å². The maximum atomic E-state index is 10.5. The van der Waals surface area contributed by atoms with E-state index in [2.05, 4.69) is 152 Å². The third-order valence-electron chi connectivity index (χ3n) is 10.1. The van der Waals surface area contributed by atoms with E-state index in [1.165, 1.54) is 20.7 Å². The maximum Gasteiger partial charge on any atom is 0.188 e. The Balaban J connectivity index is 1.28. The van der Waals surface area contributed by atoms with Gasteiger partial charge in [-0.1, -0.05) is 164 Å². The van der Waals surface area contributed by atoms with E-state index in [0.29, 0.717) is 5.56 Å². The van der Waals surface area contributed by atoms with Crippen LogP contribution in [0.15, 0.2) is 194 Å². The molecule has 0 atom stereocenters. The van der Waals surface area contributed by atoms with Gasteiger partial charge in [-0.2, -0.15) is 5.26 Å². The van der Waals surface area contributed by atoms with Crippen molar-refractivity contribution < 1.29 is 4.74 Å². The standard InChI is InChI=1S/C48H32N2OSi/c49-33-37-29-28-36(30-42(37)38-31-43(34-16-5-1-6-17-34)50-44(32-38)35-18-7-2-8-19-35)41-24-15-27-47-48(41)51-45-25-13-14-26-46(45)52(47,39-20-9-3-10-21-39)40-22-11-4-12-23-40/h1-32H. The topological polar surface area (TPSA) is 45.9 Å². The molecular weight excluding hydrogens is 649 g/mol. The van der Waals surface area contributed by atoms with Crippen molar-refractivity contribution in [3.63, 3.8) is 0 Å². The molecule has 0 unspecified atom stereocenters. The molecule has 0 saturated heterocycles. The lowest BCUT2D eigenvalue weighted by Crippen LogP contribution is -2.76. The van der Waals surface area contributed by atoms with E-state index in [4.69, 9.17) is 9.72 Å². The molecular formula is C48H32N2OSi. The maximum absolute atomic E-state index is 10.5. The summed E-state index contributed by atoms with van der Waals surface area (Å²) in [6.45, 7) is 0. The first-order valence-corrected chi connectivity index (χ1v) is 19.4. The Labute approximate surface area is 304 Å². The minimum atomic E-state index is -2.81. The molecule has 244 valence electrons. The molecule has 8 aromatic rings. The van der Waals surface area contributed by atoms with Gasteiger partial charge < -0.3 is 4.74 Å². The Bertz CT molecular complexity index is 2500. The fourth-order valence-electron chi connectivity index (χ4n) is 7.70. The molecule has 0 saturated carbocycles. The van der Waals surface area contributed by atoms with Gasteiger partial charge in [-0.15, -0.1) is 0 Å². The van der Waals surface area contributed by atoms with Crippen molar-refractivity contribution in [1.82, 2.24) is 4.98 Å². The average Bonchev–Trinajstić information content (AvgIpc) is 3.23. The summed E-state index contributed by atoms with van der Waals surface area (Å²) in [7, 11) is -2.81. The molecule has 0 aliphatic carbocycles. The highest BCUT2D eigenvalue weighted by Gasteiger charge is 2.48. The number of pyridine rings is 1. The molecule has 0 amide bonds. The third-order valence-corrected chi connectivity index (χ3v) is 14.9. The Hall–Kier alpha value is -6.80. The van der Waals surface area contributed by atoms with Gasteiger partial charge in [-0.05, 0) is 62.2 Å². The number of hydrogen-bond donors (Lipinski definition) is 0. The zero-order valence-corrected chi connectivity index (χ0v) is 29.3. The van der Waals surface area contributed by atoms with Gasteiger partial charge >= 0.3 is 0 Å². The Kier molecular flexibility index (Phi) is 7.89. The number of fused-ring (bicyclic) bond motifs is 2. The smallest absolute Gasteiger partial charge is 0.188 e. The molecule has 3 nitrogen and oxygen atoms in total. The highest BCUT2D eigenvalue weighted by atomic mass is 28.3. The minimum Gasteiger partial charge on any atom is -0.457 e. The molecule has 1 aromatic heterocycles. The van der Waals surface area contributed by atoms with Gasteiger partial charge in [0.15, 0.2) is 8.07 Å². The van der Waals surface area contributed by atoms with E-state index >= 15 is 0 Å². The van der Waals surface area contributed by atoms with Crippen molar-refractivity contribution >= 4 is 28.8 Å². The van der Waals surface area contributed by atoms with Gasteiger partial charge in [0, 0.05) is 22.3 Å². The molecule has 1 aliphatic heterocycles. The van der Waals surface area contributed by atoms with Crippen molar-refractivity contribution in [2.75, 3.05) is 0 Å². The van der Waals surface area contributed by atoms with Crippen molar-refractivity contribution in [2.45, 2.75) is 0 Å². The predicted octanol–water partition coefficient (Wildman–Crippen LogP) is 9.10. The number of rotatable bonds is 6. The average molecular weight is 681 g/mol. The van der Waals surface area contributed by atoms with Crippen LogP contribution in [0, 0.1) is 11.3 Å². The summed E-state index contributed by atoms with van der Waals surface area (Å²) in [5.74, 6) is 1.74. The van der Waals surface area contributed by atoms with Crippen molar-refractivity contribution in [3.8, 4) is 62.3 Å². The zero-order valence-electron chi connectivity index (χ0n) is 28.3. The van der Waals surface area contributed by atoms with Gasteiger partial charge in [-0.25, -0.2) is 4.98 Å². The summed E-state index contributed by atoms with van der Waals surface area (Å²) >= 11 is 0. The van der Waals surface area contributed by atoms with Gasteiger partial charge in [0.1, 0.15) is 11.5 Å². The van der Waals surface area contributed by atoms with E-state index < -0.39 is 8.07 Å². The molecule has 52 heavy (non-hydrogen) atoms. The van der Waals surface area contributed by atoms with Crippen LogP contribution in [0.25, 0.3) is 44.8 Å². The van der Waals surface area contributed by atoms with E-state index in [0.717, 1.165) is 56.3 Å². The summed E-state index contributed by atoms with van der Waals surface area (Å²) in [5, 5.41) is 15.5. The highest BCUT2D eigenvalue weighted by Crippen LogP contribution is 2.40. The quantitative estimate of drug-likeness (QED) is 0.165. The fourth-order valence-corrected chi connectivity index (χ4v) is 12.7. The molecule has 0 N–H and O–H groups in total. The first-order chi connectivity index (χ1) is 25.7. The van der Waals surface area contributed by atoms with Crippen LogP contribution < -0.4 is 25.5 Å². The van der Waals surface area contributed by atoms with Gasteiger partial charge in [-0.3, -0.25) is 0 Å². The molecule has 0 bridgehead atoms. The summed E-state index contributed by atoms with van der Waals surface area (Å²) in [6, 6.07) is 70.1. The lowest BCUT2D eigenvalue weighted by atomic mass is 9.93. The molecule has 4 heteroatoms. The number of nitriles is 1. The summed E-state index contributed by atoms with van der Waals surface area (Å²) in [6.07, 6.45) is 0. The van der Waals surface area contributed by atoms with Crippen LogP contribution >= 0.6 is 0 Å². The van der Waals surface area contributed by atoms with Crippen LogP contribution in [0.4, 0.5) is 0 Å². The lowest BCUT2D eigenvalue weighted by molar-refractivity contribution is 0.489. The predicted molar refractivity (Wildman–Crippen MR) is 214 cm³/mol. The van der Waals surface area contributed by atoms with Gasteiger partial charge in [0.25, 0.3) is 0 Å². The zero-order chi connectivity index (χ0) is 34.9. The molecule has 2 heterocycles. The molecule has 9 rings (SSSR count). The van der Waals surface area contributed by atoms with Crippen LogP contribution in [0.5, 0.6) is 11.5 Å². The second-order valence-electron chi connectivity index (χ2n) is 13.0. The Morgan fingerprint density at radius 1 is 0.442 bits per heavy atom. The molecule has 0 radical (unpaired) electrons. The second-order valence-corrected chi connectivity index (χ2v) is 16.7. The van der Waals surface area contributed by atoms with E-state index in [1.807, 2.05) is 48.5 Å². The molecule has 0 spiro atoms. The number of nitrogens with zero attached hydrogens (tertiary/aromatic N) is 2. The number of aromatic nitrogens is 1. The molecule has 0 fully saturated rings. The monoisotopic (exact) mass is 680 g/mol. The summed E-state index contributed by atoms with van der Waals surface area (Å²) < 4.78 is 6.98. The number of hydrogen-bond acceptors (Lipinski definition) is 3. The van der Waals surface area contributed by atoms with Crippen LogP contribution in [-0.2, 0) is 0 Å². The summed E-state index contributed by atoms with van der Waals surface area (Å²) in [4.78, 5) is 5.09. The van der Waals surface area contributed by atoms with Crippen molar-refractivity contribution in [3.05, 3.63) is 200 Å². The van der Waals surface area contributed by atoms with E-state index in [1.54, 1.807) is 0 Å². The van der Waals surface area contributed by atoms with E-state index in [-0.39, 0.29) is 0 Å². The molecule has 7 aromatic carbocycles. The van der Waals surface area contributed by atoms with Crippen LogP contribution in [0.3, 0.4) is 0 Å². The molecule has 1 aliphatic rings. The van der Waals surface area contributed by atoms with Gasteiger partial charge in [0.2, 0.25) is 0 Å². The second kappa shape index (κ2) is 13.1. The fraction of sp³-hybridized carbons (Fsp3) is 0. The lowest BCUT2D eigenvalue weighted by Gasteiger charge is -2.40. The van der Waals surface area contributed by atoms with Crippen LogP contribution in [0.2, 0.25) is 0 Å². The largest absolute Gasteiger partial charge is 0.457 e. The van der Waals surface area contributed by atoms with Gasteiger partial charge in [0.05, 0.1) is 23.0 Å². The highest BCUT2D eigenvalue weighted by molar-refractivity contribution is 7.20. The number of ether oxygens (including phenoxy) is 1. The van der Waals surface area contributed by atoms with Crippen LogP contribution in [-0.4, -0.2) is 13.1 Å². The van der Waals surface area contributed by atoms with Crippen molar-refractivity contribution in [2.24, 2.45) is 0 Å². The SMILES string of the molecule is N#Cc1ccc(-c2cccc3c2Oc2ccccc2[Si]3(c2ccccc2)c2ccccc2)cc1-c1cc(-c2ccccc2)nc(-c2ccccc2)c1. The van der Waals surface area contributed by atoms with Crippen molar-refractivity contribution in [1.29, 1.82) is 5.26 Å². The summed E-state index contributed by atoms with van der Waals surface area (Å²) in [5.41, 5.74) is 8.08. The Morgan fingerprint density at radius 2 is 0.981 bits per heavy atom. The third kappa shape index (κ3) is 5.24. The number of para-hydroxylation sites is 2. The normalized spacial score (nSPS) is 12.5. The van der Waals surface area contributed by atoms with Crippen LogP contribution in [0.1, 0.15) is 5.56 Å². The first kappa shape index (κ1) is 31.2. The Morgan fingerprint density at radius 3 is 1.58 bits per heavy atom.